The van der Waals surface area contributed by atoms with E-state index >= 15 is 0 Å². The number of thiophene rings is 1. The largest absolute Gasteiger partial charge is 0.310 e. The van der Waals surface area contributed by atoms with Gasteiger partial charge in [0.1, 0.15) is 0 Å². The second kappa shape index (κ2) is 21.9. The lowest BCUT2D eigenvalue weighted by Crippen LogP contribution is -2.16. The molecule has 0 aliphatic carbocycles. The Bertz CT molecular complexity index is 4620. The SMILES string of the molecule is c1ccc(-c2ccc(N(c3ccc(-c4cccc5c4sc4ccccc45)cc3)c3cc(N(c4ccccc4)c4ccc(-c5ccc6ccccc6c5)cc4)cc(N(c4ccccc4)c4ccc(-c5ccc6ccccc6c5)cc4)c3)cc2)cc1. The number of benzene rings is 14. The highest BCUT2D eigenvalue weighted by Crippen LogP contribution is 2.48. The van der Waals surface area contributed by atoms with Crippen LogP contribution < -0.4 is 14.7 Å². The minimum Gasteiger partial charge on any atom is -0.310 e. The smallest absolute Gasteiger partial charge is 0.0503 e. The van der Waals surface area contributed by atoms with E-state index in [2.05, 4.69) is 348 Å². The average molecular weight is 1090 g/mol. The molecular formula is C80H55N3S. The van der Waals surface area contributed by atoms with E-state index in [1.165, 1.54) is 69.5 Å². The summed E-state index contributed by atoms with van der Waals surface area (Å²) in [4.78, 5) is 7.22. The quantitative estimate of drug-likeness (QED) is 0.114. The highest BCUT2D eigenvalue weighted by atomic mass is 32.1. The van der Waals surface area contributed by atoms with Crippen LogP contribution in [0, 0.1) is 0 Å². The molecule has 0 atom stereocenters. The maximum Gasteiger partial charge on any atom is 0.0503 e. The first-order chi connectivity index (χ1) is 41.6. The maximum atomic E-state index is 2.42. The highest BCUT2D eigenvalue weighted by molar-refractivity contribution is 7.26. The first-order valence-electron chi connectivity index (χ1n) is 28.6. The second-order valence-corrected chi connectivity index (χ2v) is 22.4. The lowest BCUT2D eigenvalue weighted by Gasteiger charge is -2.33. The molecule has 1 heterocycles. The van der Waals surface area contributed by atoms with Gasteiger partial charge in [-0.25, -0.2) is 0 Å². The molecule has 0 radical (unpaired) electrons. The molecule has 0 bridgehead atoms. The van der Waals surface area contributed by atoms with Gasteiger partial charge in [-0.05, 0) is 175 Å². The fraction of sp³-hybridized carbons (Fsp3) is 0. The fourth-order valence-electron chi connectivity index (χ4n) is 12.0. The van der Waals surface area contributed by atoms with Crippen molar-refractivity contribution >= 4 is 104 Å². The van der Waals surface area contributed by atoms with Crippen molar-refractivity contribution in [1.82, 2.24) is 0 Å². The van der Waals surface area contributed by atoms with E-state index in [1.54, 1.807) is 0 Å². The van der Waals surface area contributed by atoms with Crippen molar-refractivity contribution in [1.29, 1.82) is 0 Å². The molecule has 0 amide bonds. The minimum absolute atomic E-state index is 0.997. The van der Waals surface area contributed by atoms with Gasteiger partial charge >= 0.3 is 0 Å². The Labute approximate surface area is 494 Å². The van der Waals surface area contributed by atoms with Crippen molar-refractivity contribution in [3.05, 3.63) is 334 Å². The standard InChI is InChI=1S/C80H55N3S/c1-4-17-56(18-5-1)59-35-43-71(44-36-59)83(72-49-41-62(42-50-72)76-28-16-29-78-77-27-14-15-30-79(77)84-80(76)78)75-54-73(81(67-23-6-2-7-24-67)69-45-37-60(38-46-69)65-33-31-57-19-10-12-21-63(57)51-65)53-74(55-75)82(68-25-8-3-9-26-68)70-47-39-61(40-48-70)66-34-32-58-20-11-13-22-64(58)52-66/h1-55H. The van der Waals surface area contributed by atoms with Gasteiger partial charge in [-0.15, -0.1) is 11.3 Å². The lowest BCUT2D eigenvalue weighted by molar-refractivity contribution is 1.22. The van der Waals surface area contributed by atoms with Gasteiger partial charge < -0.3 is 14.7 Å². The van der Waals surface area contributed by atoms with Crippen LogP contribution in [0.15, 0.2) is 334 Å². The normalized spacial score (nSPS) is 11.3. The molecule has 14 aromatic carbocycles. The molecule has 0 fully saturated rings. The number of hydrogen-bond acceptors (Lipinski definition) is 4. The van der Waals surface area contributed by atoms with Gasteiger partial charge in [0.2, 0.25) is 0 Å². The Morgan fingerprint density at radius 2 is 0.524 bits per heavy atom. The third-order valence-electron chi connectivity index (χ3n) is 16.2. The zero-order valence-electron chi connectivity index (χ0n) is 46.0. The number of para-hydroxylation sites is 2. The van der Waals surface area contributed by atoms with Crippen LogP contribution in [0.4, 0.5) is 51.2 Å². The molecule has 0 saturated carbocycles. The zero-order valence-corrected chi connectivity index (χ0v) is 46.8. The summed E-state index contributed by atoms with van der Waals surface area (Å²) in [5, 5.41) is 7.50. The summed E-state index contributed by atoms with van der Waals surface area (Å²) in [6, 6.07) is 122. The molecule has 1 aromatic heterocycles. The van der Waals surface area contributed by atoms with Crippen molar-refractivity contribution in [2.75, 3.05) is 14.7 Å². The molecule has 0 unspecified atom stereocenters. The number of nitrogens with zero attached hydrogens (tertiary/aromatic N) is 3. The molecule has 0 spiro atoms. The van der Waals surface area contributed by atoms with Crippen molar-refractivity contribution in [3.8, 4) is 44.5 Å². The summed E-state index contributed by atoms with van der Waals surface area (Å²) in [6.45, 7) is 0. The van der Waals surface area contributed by atoms with E-state index in [-0.39, 0.29) is 0 Å². The van der Waals surface area contributed by atoms with Gasteiger partial charge in [0, 0.05) is 54.3 Å². The van der Waals surface area contributed by atoms with Crippen LogP contribution in [0.2, 0.25) is 0 Å². The molecule has 396 valence electrons. The van der Waals surface area contributed by atoms with Gasteiger partial charge in [0.25, 0.3) is 0 Å². The summed E-state index contributed by atoms with van der Waals surface area (Å²) >= 11 is 1.87. The Morgan fingerprint density at radius 1 is 0.190 bits per heavy atom. The number of hydrogen-bond donors (Lipinski definition) is 0. The van der Waals surface area contributed by atoms with Crippen molar-refractivity contribution < 1.29 is 0 Å². The van der Waals surface area contributed by atoms with Gasteiger partial charge in [-0.1, -0.05) is 224 Å². The molecule has 3 nitrogen and oxygen atoms in total. The van der Waals surface area contributed by atoms with E-state index in [9.17, 15) is 0 Å². The first kappa shape index (κ1) is 50.2. The summed E-state index contributed by atoms with van der Waals surface area (Å²) in [7, 11) is 0. The molecule has 15 aromatic rings. The van der Waals surface area contributed by atoms with Crippen molar-refractivity contribution in [2.45, 2.75) is 0 Å². The van der Waals surface area contributed by atoms with Crippen LogP contribution in [-0.4, -0.2) is 0 Å². The Kier molecular flexibility index (Phi) is 13.1. The molecule has 0 aliphatic rings. The van der Waals surface area contributed by atoms with Gasteiger partial charge in [0.15, 0.2) is 0 Å². The zero-order chi connectivity index (χ0) is 55.8. The topological polar surface area (TPSA) is 9.72 Å². The van der Waals surface area contributed by atoms with E-state index < -0.39 is 0 Å². The highest BCUT2D eigenvalue weighted by Gasteiger charge is 2.23. The predicted octanol–water partition coefficient (Wildman–Crippen LogP) is 23.4. The third kappa shape index (κ3) is 9.71. The molecular weight excluding hydrogens is 1030 g/mol. The molecule has 0 N–H and O–H groups in total. The second-order valence-electron chi connectivity index (χ2n) is 21.3. The van der Waals surface area contributed by atoms with Crippen LogP contribution in [0.5, 0.6) is 0 Å². The van der Waals surface area contributed by atoms with Crippen molar-refractivity contribution in [2.24, 2.45) is 0 Å². The third-order valence-corrected chi connectivity index (χ3v) is 17.4. The van der Waals surface area contributed by atoms with Crippen LogP contribution in [0.1, 0.15) is 0 Å². The summed E-state index contributed by atoms with van der Waals surface area (Å²) in [5.41, 5.74) is 18.7. The van der Waals surface area contributed by atoms with Gasteiger partial charge in [-0.3, -0.25) is 0 Å². The fourth-order valence-corrected chi connectivity index (χ4v) is 13.2. The van der Waals surface area contributed by atoms with Gasteiger partial charge in [0.05, 0.1) is 17.1 Å². The first-order valence-corrected chi connectivity index (χ1v) is 29.4. The molecule has 0 saturated heterocycles. The number of anilines is 9. The van der Waals surface area contributed by atoms with E-state index in [1.807, 2.05) is 11.3 Å². The Balaban J connectivity index is 0.926. The number of fused-ring (bicyclic) bond motifs is 5. The molecule has 84 heavy (non-hydrogen) atoms. The molecule has 15 rings (SSSR count). The summed E-state index contributed by atoms with van der Waals surface area (Å²) in [5.74, 6) is 0. The summed E-state index contributed by atoms with van der Waals surface area (Å²) < 4.78 is 2.60. The molecule has 4 heteroatoms. The van der Waals surface area contributed by atoms with Crippen LogP contribution in [0.25, 0.3) is 86.2 Å². The predicted molar refractivity (Wildman–Crippen MR) is 360 cm³/mol. The maximum absolute atomic E-state index is 2.42. The van der Waals surface area contributed by atoms with Gasteiger partial charge in [-0.2, -0.15) is 0 Å². The van der Waals surface area contributed by atoms with Crippen molar-refractivity contribution in [3.63, 3.8) is 0 Å². The Hall–Kier alpha value is -10.8. The minimum atomic E-state index is 0.997. The van der Waals surface area contributed by atoms with Crippen LogP contribution >= 0.6 is 11.3 Å². The Morgan fingerprint density at radius 3 is 0.988 bits per heavy atom. The van der Waals surface area contributed by atoms with Crippen LogP contribution in [0.3, 0.4) is 0 Å². The average Bonchev–Trinajstić information content (AvgIpc) is 2.65. The van der Waals surface area contributed by atoms with Crippen LogP contribution in [-0.2, 0) is 0 Å². The van der Waals surface area contributed by atoms with E-state index in [4.69, 9.17) is 0 Å². The monoisotopic (exact) mass is 1090 g/mol. The summed E-state index contributed by atoms with van der Waals surface area (Å²) in [6.07, 6.45) is 0. The lowest BCUT2D eigenvalue weighted by atomic mass is 10.0. The molecule has 0 aliphatic heterocycles. The van der Waals surface area contributed by atoms with E-state index in [0.29, 0.717) is 0 Å². The van der Waals surface area contributed by atoms with E-state index in [0.717, 1.165) is 67.9 Å². The number of rotatable bonds is 13.